The monoisotopic (exact) mass is 249 g/mol. The molecule has 102 valence electrons. The molecule has 0 aliphatic carbocycles. The molecule has 1 rings (SSSR count). The van der Waals surface area contributed by atoms with Crippen LogP contribution in [-0.2, 0) is 0 Å². The summed E-state index contributed by atoms with van der Waals surface area (Å²) in [4.78, 5) is 6.68. The third-order valence-corrected chi connectivity index (χ3v) is 4.17. The average Bonchev–Trinajstić information content (AvgIpc) is 2.35. The van der Waals surface area contributed by atoms with Gasteiger partial charge in [0, 0.05) is 17.9 Å². The summed E-state index contributed by atoms with van der Waals surface area (Å²) < 4.78 is 0. The maximum Gasteiger partial charge on any atom is 0.0519 e. The maximum atomic E-state index is 4.34. The van der Waals surface area contributed by atoms with E-state index in [-0.39, 0.29) is 5.54 Å². The fourth-order valence-electron chi connectivity index (χ4n) is 3.03. The number of nitrogens with one attached hydrogen (secondary N) is 1. The summed E-state index contributed by atoms with van der Waals surface area (Å²) in [5.41, 5.74) is 2.62. The molecule has 1 aromatic rings. The van der Waals surface area contributed by atoms with Crippen LogP contribution in [0.15, 0.2) is 18.5 Å². The number of hydrogen-bond donors (Lipinski definition) is 1. The van der Waals surface area contributed by atoms with Gasteiger partial charge in [-0.15, -0.1) is 0 Å². The van der Waals surface area contributed by atoms with Crippen LogP contribution in [0.3, 0.4) is 0 Å². The third kappa shape index (κ3) is 2.73. The van der Waals surface area contributed by atoms with E-state index in [1.54, 1.807) is 0 Å². The Morgan fingerprint density at radius 3 is 2.28 bits per heavy atom. The van der Waals surface area contributed by atoms with Crippen LogP contribution >= 0.6 is 0 Å². The van der Waals surface area contributed by atoms with Crippen molar-refractivity contribution in [1.82, 2.24) is 15.2 Å². The van der Waals surface area contributed by atoms with Crippen LogP contribution in [0, 0.1) is 6.92 Å². The average molecular weight is 249 g/mol. The Kier molecular flexibility index (Phi) is 5.29. The summed E-state index contributed by atoms with van der Waals surface area (Å²) >= 11 is 0. The molecule has 1 heterocycles. The van der Waals surface area contributed by atoms with E-state index in [2.05, 4.69) is 56.1 Å². The van der Waals surface area contributed by atoms with E-state index in [0.29, 0.717) is 6.04 Å². The molecule has 0 amide bonds. The fourth-order valence-corrected chi connectivity index (χ4v) is 3.03. The van der Waals surface area contributed by atoms with Gasteiger partial charge in [0.1, 0.15) is 0 Å². The SMILES string of the molecule is CCC(CC)(C(NC)c1cncc(C)c1)N(C)C. The lowest BCUT2D eigenvalue weighted by Crippen LogP contribution is -2.52. The number of hydrogen-bond acceptors (Lipinski definition) is 3. The molecule has 1 atom stereocenters. The zero-order valence-electron chi connectivity index (χ0n) is 12.6. The first-order valence-corrected chi connectivity index (χ1v) is 6.78. The second-order valence-electron chi connectivity index (χ2n) is 5.22. The van der Waals surface area contributed by atoms with Gasteiger partial charge in [-0.25, -0.2) is 0 Å². The summed E-state index contributed by atoms with van der Waals surface area (Å²) in [5.74, 6) is 0. The van der Waals surface area contributed by atoms with Gasteiger partial charge in [-0.2, -0.15) is 0 Å². The Labute approximate surface area is 112 Å². The molecule has 3 nitrogen and oxygen atoms in total. The number of pyridine rings is 1. The highest BCUT2D eigenvalue weighted by Crippen LogP contribution is 2.35. The Bertz CT molecular complexity index is 370. The Morgan fingerprint density at radius 1 is 1.28 bits per heavy atom. The van der Waals surface area contributed by atoms with Crippen LogP contribution in [0.1, 0.15) is 43.9 Å². The molecular weight excluding hydrogens is 222 g/mol. The molecule has 1 N–H and O–H groups in total. The first-order valence-electron chi connectivity index (χ1n) is 6.78. The van der Waals surface area contributed by atoms with Gasteiger partial charge in [0.05, 0.1) is 6.04 Å². The lowest BCUT2D eigenvalue weighted by atomic mass is 9.80. The molecule has 0 bridgehead atoms. The molecule has 0 aromatic carbocycles. The minimum Gasteiger partial charge on any atom is -0.311 e. The van der Waals surface area contributed by atoms with E-state index in [4.69, 9.17) is 0 Å². The minimum atomic E-state index is 0.129. The van der Waals surface area contributed by atoms with Crippen molar-refractivity contribution in [2.24, 2.45) is 0 Å². The highest BCUT2D eigenvalue weighted by molar-refractivity contribution is 5.24. The van der Waals surface area contributed by atoms with Crippen molar-refractivity contribution in [1.29, 1.82) is 0 Å². The van der Waals surface area contributed by atoms with E-state index in [1.165, 1.54) is 11.1 Å². The van der Waals surface area contributed by atoms with Gasteiger partial charge >= 0.3 is 0 Å². The predicted octanol–water partition coefficient (Wildman–Crippen LogP) is 2.77. The summed E-state index contributed by atoms with van der Waals surface area (Å²) in [6.07, 6.45) is 6.11. The quantitative estimate of drug-likeness (QED) is 0.840. The second-order valence-corrected chi connectivity index (χ2v) is 5.22. The van der Waals surface area contributed by atoms with E-state index in [0.717, 1.165) is 12.8 Å². The molecule has 1 unspecified atom stereocenters. The molecule has 0 radical (unpaired) electrons. The lowest BCUT2D eigenvalue weighted by molar-refractivity contribution is 0.0916. The number of aromatic nitrogens is 1. The summed E-state index contributed by atoms with van der Waals surface area (Å²) in [6, 6.07) is 2.53. The molecule has 18 heavy (non-hydrogen) atoms. The first-order chi connectivity index (χ1) is 8.51. The molecule has 0 saturated carbocycles. The maximum absolute atomic E-state index is 4.34. The second kappa shape index (κ2) is 6.30. The normalized spacial score (nSPS) is 13.9. The van der Waals surface area contributed by atoms with Gasteiger partial charge in [0.2, 0.25) is 0 Å². The van der Waals surface area contributed by atoms with Crippen molar-refractivity contribution in [2.45, 2.75) is 45.2 Å². The van der Waals surface area contributed by atoms with Gasteiger partial charge in [-0.3, -0.25) is 4.98 Å². The Hall–Kier alpha value is -0.930. The van der Waals surface area contributed by atoms with Crippen molar-refractivity contribution in [3.05, 3.63) is 29.6 Å². The summed E-state index contributed by atoms with van der Waals surface area (Å²) in [5, 5.41) is 3.49. The van der Waals surface area contributed by atoms with Crippen LogP contribution < -0.4 is 5.32 Å². The van der Waals surface area contributed by atoms with E-state index >= 15 is 0 Å². The van der Waals surface area contributed by atoms with Gasteiger partial charge in [0.15, 0.2) is 0 Å². The number of likely N-dealkylation sites (N-methyl/N-ethyl adjacent to an activating group) is 2. The van der Waals surface area contributed by atoms with Gasteiger partial charge in [-0.05, 0) is 52.0 Å². The van der Waals surface area contributed by atoms with E-state index in [1.807, 2.05) is 19.4 Å². The van der Waals surface area contributed by atoms with Crippen LogP contribution in [-0.4, -0.2) is 36.6 Å². The predicted molar refractivity (Wildman–Crippen MR) is 77.8 cm³/mol. The largest absolute Gasteiger partial charge is 0.311 e. The van der Waals surface area contributed by atoms with Crippen molar-refractivity contribution in [3.63, 3.8) is 0 Å². The molecular formula is C15H27N3. The van der Waals surface area contributed by atoms with Gasteiger partial charge < -0.3 is 10.2 Å². The third-order valence-electron chi connectivity index (χ3n) is 4.17. The molecule has 0 spiro atoms. The lowest BCUT2D eigenvalue weighted by Gasteiger charge is -2.45. The number of aryl methyl sites for hydroxylation is 1. The molecule has 0 aliphatic heterocycles. The first kappa shape index (κ1) is 15.1. The molecule has 1 aromatic heterocycles. The van der Waals surface area contributed by atoms with Crippen LogP contribution in [0.25, 0.3) is 0 Å². The van der Waals surface area contributed by atoms with Crippen LogP contribution in [0.2, 0.25) is 0 Å². The standard InChI is InChI=1S/C15H27N3/c1-7-15(8-2,18(5)6)14(16-4)13-9-12(3)10-17-11-13/h9-11,14,16H,7-8H2,1-6H3. The molecule has 3 heteroatoms. The molecule has 0 aliphatic rings. The van der Waals surface area contributed by atoms with Gasteiger partial charge in [0.25, 0.3) is 0 Å². The zero-order valence-corrected chi connectivity index (χ0v) is 12.6. The number of nitrogens with zero attached hydrogens (tertiary/aromatic N) is 2. The molecule has 0 saturated heterocycles. The van der Waals surface area contributed by atoms with Gasteiger partial charge in [-0.1, -0.05) is 19.9 Å². The van der Waals surface area contributed by atoms with Crippen LogP contribution in [0.4, 0.5) is 0 Å². The minimum absolute atomic E-state index is 0.129. The van der Waals surface area contributed by atoms with Crippen LogP contribution in [0.5, 0.6) is 0 Å². The topological polar surface area (TPSA) is 28.2 Å². The summed E-state index contributed by atoms with van der Waals surface area (Å²) in [6.45, 7) is 6.62. The van der Waals surface area contributed by atoms with E-state index in [9.17, 15) is 0 Å². The number of rotatable bonds is 6. The van der Waals surface area contributed by atoms with Crippen molar-refractivity contribution >= 4 is 0 Å². The summed E-state index contributed by atoms with van der Waals surface area (Å²) in [7, 11) is 6.37. The molecule has 0 fully saturated rings. The van der Waals surface area contributed by atoms with Crippen molar-refractivity contribution < 1.29 is 0 Å². The Balaban J connectivity index is 3.22. The van der Waals surface area contributed by atoms with Crippen molar-refractivity contribution in [3.8, 4) is 0 Å². The smallest absolute Gasteiger partial charge is 0.0519 e. The Morgan fingerprint density at radius 2 is 1.89 bits per heavy atom. The van der Waals surface area contributed by atoms with Crippen molar-refractivity contribution in [2.75, 3.05) is 21.1 Å². The highest BCUT2D eigenvalue weighted by Gasteiger charge is 2.38. The van der Waals surface area contributed by atoms with E-state index < -0.39 is 0 Å². The fraction of sp³-hybridized carbons (Fsp3) is 0.667. The zero-order chi connectivity index (χ0) is 13.8. The highest BCUT2D eigenvalue weighted by atomic mass is 15.2.